The highest BCUT2D eigenvalue weighted by Gasteiger charge is 2.43. The van der Waals surface area contributed by atoms with Crippen LogP contribution in [0, 0.1) is 0 Å². The second kappa shape index (κ2) is 11.3. The standard InChI is InChI=1S/C30H28N2O4S/c1-2-30(24-16-8-4-9-17-24,32-37(35,36)25-18-10-5-11-19-25)29(34)31-27-21-13-12-20-26(27)28(33)22-23-14-6-3-7-15-23/h3-21,32H,2,22H2,1H3,(H,31,34). The van der Waals surface area contributed by atoms with Gasteiger partial charge in [0.05, 0.1) is 10.6 Å². The van der Waals surface area contributed by atoms with Crippen molar-refractivity contribution in [3.8, 4) is 0 Å². The van der Waals surface area contributed by atoms with E-state index in [1.54, 1.807) is 79.7 Å². The fourth-order valence-electron chi connectivity index (χ4n) is 4.22. The largest absolute Gasteiger partial charge is 0.323 e. The number of hydrogen-bond acceptors (Lipinski definition) is 4. The molecule has 2 N–H and O–H groups in total. The first-order valence-corrected chi connectivity index (χ1v) is 13.5. The van der Waals surface area contributed by atoms with Crippen molar-refractivity contribution in [2.45, 2.75) is 30.2 Å². The fourth-order valence-corrected chi connectivity index (χ4v) is 5.67. The van der Waals surface area contributed by atoms with Gasteiger partial charge in [-0.2, -0.15) is 4.72 Å². The molecule has 0 saturated carbocycles. The highest BCUT2D eigenvalue weighted by molar-refractivity contribution is 7.89. The van der Waals surface area contributed by atoms with E-state index < -0.39 is 21.5 Å². The highest BCUT2D eigenvalue weighted by Crippen LogP contribution is 2.30. The van der Waals surface area contributed by atoms with Gasteiger partial charge in [-0.05, 0) is 41.8 Å². The van der Waals surface area contributed by atoms with Crippen molar-refractivity contribution < 1.29 is 18.0 Å². The molecule has 37 heavy (non-hydrogen) atoms. The molecule has 0 fully saturated rings. The van der Waals surface area contributed by atoms with Crippen LogP contribution in [0.3, 0.4) is 0 Å². The van der Waals surface area contributed by atoms with Crippen molar-refractivity contribution >= 4 is 27.4 Å². The Morgan fingerprint density at radius 2 is 1.27 bits per heavy atom. The van der Waals surface area contributed by atoms with E-state index in [0.717, 1.165) is 5.56 Å². The summed E-state index contributed by atoms with van der Waals surface area (Å²) in [4.78, 5) is 27.2. The number of anilines is 1. The summed E-state index contributed by atoms with van der Waals surface area (Å²) in [7, 11) is -4.06. The van der Waals surface area contributed by atoms with Crippen molar-refractivity contribution in [2.75, 3.05) is 5.32 Å². The lowest BCUT2D eigenvalue weighted by atomic mass is 9.87. The molecule has 6 nitrogen and oxygen atoms in total. The predicted molar refractivity (Wildman–Crippen MR) is 145 cm³/mol. The highest BCUT2D eigenvalue weighted by atomic mass is 32.2. The number of Topliss-reactive ketones (excluding diaryl/α,β-unsaturated/α-hetero) is 1. The summed E-state index contributed by atoms with van der Waals surface area (Å²) in [6.07, 6.45) is 0.307. The number of hydrogen-bond donors (Lipinski definition) is 2. The third kappa shape index (κ3) is 5.85. The van der Waals surface area contributed by atoms with Crippen molar-refractivity contribution in [1.82, 2.24) is 4.72 Å². The number of nitrogens with one attached hydrogen (secondary N) is 2. The quantitative estimate of drug-likeness (QED) is 0.281. The van der Waals surface area contributed by atoms with Crippen LogP contribution in [0.4, 0.5) is 5.69 Å². The minimum absolute atomic E-state index is 0.0509. The third-order valence-electron chi connectivity index (χ3n) is 6.23. The molecule has 0 saturated heterocycles. The average Bonchev–Trinajstić information content (AvgIpc) is 2.93. The van der Waals surface area contributed by atoms with Crippen LogP contribution in [-0.4, -0.2) is 20.1 Å². The van der Waals surface area contributed by atoms with E-state index in [1.165, 1.54) is 12.1 Å². The molecule has 0 aromatic heterocycles. The SMILES string of the molecule is CCC(NS(=O)(=O)c1ccccc1)(C(=O)Nc1ccccc1C(=O)Cc1ccccc1)c1ccccc1. The van der Waals surface area contributed by atoms with Crippen LogP contribution in [0.2, 0.25) is 0 Å². The van der Waals surface area contributed by atoms with Gasteiger partial charge in [0.15, 0.2) is 5.78 Å². The molecule has 0 aliphatic carbocycles. The molecule has 4 aromatic rings. The number of ketones is 1. The van der Waals surface area contributed by atoms with Crippen LogP contribution in [0.1, 0.15) is 34.8 Å². The van der Waals surface area contributed by atoms with Crippen molar-refractivity contribution in [2.24, 2.45) is 0 Å². The summed E-state index contributed by atoms with van der Waals surface area (Å²) in [6, 6.07) is 32.8. The molecule has 1 amide bonds. The van der Waals surface area contributed by atoms with Crippen molar-refractivity contribution in [3.63, 3.8) is 0 Å². The summed E-state index contributed by atoms with van der Waals surface area (Å²) < 4.78 is 29.4. The minimum Gasteiger partial charge on any atom is -0.323 e. The Morgan fingerprint density at radius 1 is 0.730 bits per heavy atom. The zero-order valence-electron chi connectivity index (χ0n) is 20.4. The zero-order chi connectivity index (χ0) is 26.3. The lowest BCUT2D eigenvalue weighted by Crippen LogP contribution is -2.53. The number of benzene rings is 4. The van der Waals surface area contributed by atoms with Gasteiger partial charge in [-0.1, -0.05) is 97.9 Å². The molecule has 0 heterocycles. The number of rotatable bonds is 10. The first-order chi connectivity index (χ1) is 17.9. The molecule has 4 aromatic carbocycles. The molecule has 7 heteroatoms. The van der Waals surface area contributed by atoms with E-state index in [4.69, 9.17) is 0 Å². The summed E-state index contributed by atoms with van der Waals surface area (Å²) in [5, 5.41) is 2.85. The van der Waals surface area contributed by atoms with Crippen molar-refractivity contribution in [1.29, 1.82) is 0 Å². The van der Waals surface area contributed by atoms with Crippen molar-refractivity contribution in [3.05, 3.63) is 132 Å². The number of sulfonamides is 1. The van der Waals surface area contributed by atoms with Gasteiger partial charge in [-0.25, -0.2) is 8.42 Å². The van der Waals surface area contributed by atoms with Gasteiger partial charge in [0.1, 0.15) is 5.54 Å². The van der Waals surface area contributed by atoms with Gasteiger partial charge >= 0.3 is 0 Å². The van der Waals surface area contributed by atoms with E-state index >= 15 is 0 Å². The molecule has 0 spiro atoms. The fraction of sp³-hybridized carbons (Fsp3) is 0.133. The second-order valence-electron chi connectivity index (χ2n) is 8.63. The normalized spacial score (nSPS) is 12.9. The van der Waals surface area contributed by atoms with Gasteiger partial charge in [0.25, 0.3) is 0 Å². The number of para-hydroxylation sites is 1. The molecule has 0 bridgehead atoms. The van der Waals surface area contributed by atoms with Crippen LogP contribution in [0.25, 0.3) is 0 Å². The number of carbonyl (C=O) groups is 2. The van der Waals surface area contributed by atoms with Crippen LogP contribution < -0.4 is 10.0 Å². The Kier molecular flexibility index (Phi) is 7.96. The van der Waals surface area contributed by atoms with Gasteiger partial charge < -0.3 is 5.32 Å². The summed E-state index contributed by atoms with van der Waals surface area (Å²) >= 11 is 0. The predicted octanol–water partition coefficient (Wildman–Crippen LogP) is 5.33. The Balaban J connectivity index is 1.71. The van der Waals surface area contributed by atoms with E-state index in [0.29, 0.717) is 16.8 Å². The maximum Gasteiger partial charge on any atom is 0.250 e. The smallest absolute Gasteiger partial charge is 0.250 e. The monoisotopic (exact) mass is 512 g/mol. The van der Waals surface area contributed by atoms with E-state index in [2.05, 4.69) is 10.0 Å². The van der Waals surface area contributed by atoms with Crippen LogP contribution in [0.15, 0.2) is 120 Å². The van der Waals surface area contributed by atoms with Crippen LogP contribution in [0.5, 0.6) is 0 Å². The number of carbonyl (C=O) groups excluding carboxylic acids is 2. The Bertz CT molecular complexity index is 1470. The molecule has 4 rings (SSSR count). The Hall–Kier alpha value is -4.07. The van der Waals surface area contributed by atoms with E-state index in [-0.39, 0.29) is 23.5 Å². The summed E-state index contributed by atoms with van der Waals surface area (Å²) in [5.41, 5.74) is 0.398. The maximum absolute atomic E-state index is 14.0. The third-order valence-corrected chi connectivity index (χ3v) is 7.74. The molecule has 0 radical (unpaired) electrons. The first-order valence-electron chi connectivity index (χ1n) is 12.0. The minimum atomic E-state index is -4.06. The molecular formula is C30H28N2O4S. The Labute approximate surface area is 217 Å². The number of amides is 1. The second-order valence-corrected chi connectivity index (χ2v) is 10.3. The van der Waals surface area contributed by atoms with Crippen LogP contribution >= 0.6 is 0 Å². The van der Waals surface area contributed by atoms with Gasteiger partial charge in [-0.15, -0.1) is 0 Å². The van der Waals surface area contributed by atoms with Gasteiger partial charge in [-0.3, -0.25) is 9.59 Å². The summed E-state index contributed by atoms with van der Waals surface area (Å²) in [5.74, 6) is -0.741. The molecule has 188 valence electrons. The van der Waals surface area contributed by atoms with Gasteiger partial charge in [0.2, 0.25) is 15.9 Å². The average molecular weight is 513 g/mol. The topological polar surface area (TPSA) is 92.3 Å². The molecular weight excluding hydrogens is 484 g/mol. The zero-order valence-corrected chi connectivity index (χ0v) is 21.2. The lowest BCUT2D eigenvalue weighted by molar-refractivity contribution is -0.122. The lowest BCUT2D eigenvalue weighted by Gasteiger charge is -2.33. The van der Waals surface area contributed by atoms with E-state index in [1.807, 2.05) is 30.3 Å². The van der Waals surface area contributed by atoms with Crippen LogP contribution in [-0.2, 0) is 26.8 Å². The molecule has 0 aliphatic rings. The molecule has 1 atom stereocenters. The summed E-state index contributed by atoms with van der Waals surface area (Å²) in [6.45, 7) is 1.74. The maximum atomic E-state index is 14.0. The first kappa shape index (κ1) is 26.0. The molecule has 1 unspecified atom stereocenters. The Morgan fingerprint density at radius 3 is 1.89 bits per heavy atom. The van der Waals surface area contributed by atoms with Gasteiger partial charge in [0, 0.05) is 12.0 Å². The molecule has 0 aliphatic heterocycles. The van der Waals surface area contributed by atoms with E-state index in [9.17, 15) is 18.0 Å².